The lowest BCUT2D eigenvalue weighted by molar-refractivity contribution is 0.132. The molecule has 1 saturated carbocycles. The number of fused-ring (bicyclic) bond motifs is 1. The Labute approximate surface area is 139 Å². The first-order chi connectivity index (χ1) is 11.5. The number of carboxylic acid groups (broad SMARTS) is 1. The molecule has 3 atom stereocenters. The van der Waals surface area contributed by atoms with Gasteiger partial charge >= 0.3 is 6.09 Å². The Balaban J connectivity index is 1.50. The molecule has 1 amide bonds. The maximum atomic E-state index is 11.6. The predicted octanol–water partition coefficient (Wildman–Crippen LogP) is 0.883. The molecule has 0 radical (unpaired) electrons. The van der Waals surface area contributed by atoms with Crippen molar-refractivity contribution in [2.45, 2.75) is 19.5 Å². The molecule has 2 aliphatic rings. The second-order valence-electron chi connectivity index (χ2n) is 6.60. The highest BCUT2D eigenvalue weighted by Crippen LogP contribution is 2.46. The van der Waals surface area contributed by atoms with E-state index in [1.807, 2.05) is 32.3 Å². The van der Waals surface area contributed by atoms with Crippen LogP contribution in [0.4, 0.5) is 4.79 Å². The number of amides is 1. The van der Waals surface area contributed by atoms with Gasteiger partial charge in [0.25, 0.3) is 0 Å². The first-order valence-electron chi connectivity index (χ1n) is 8.08. The Morgan fingerprint density at radius 2 is 2.12 bits per heavy atom. The van der Waals surface area contributed by atoms with Crippen LogP contribution in [-0.2, 0) is 13.6 Å². The second kappa shape index (κ2) is 5.55. The molecule has 2 aromatic heterocycles. The number of aryl methyl sites for hydroxylation is 2. The molecule has 8 heteroatoms. The van der Waals surface area contributed by atoms with Gasteiger partial charge in [0, 0.05) is 37.9 Å². The molecule has 3 heterocycles. The molecule has 1 aliphatic heterocycles. The predicted molar refractivity (Wildman–Crippen MR) is 86.2 cm³/mol. The minimum Gasteiger partial charge on any atom is -0.465 e. The van der Waals surface area contributed by atoms with Crippen LogP contribution in [0.1, 0.15) is 11.4 Å². The smallest absolute Gasteiger partial charge is 0.407 e. The maximum absolute atomic E-state index is 11.6. The topological polar surface area (TPSA) is 96.2 Å². The van der Waals surface area contributed by atoms with Gasteiger partial charge in [-0.2, -0.15) is 15.3 Å². The summed E-state index contributed by atoms with van der Waals surface area (Å²) in [6, 6.07) is 3.84. The zero-order valence-corrected chi connectivity index (χ0v) is 13.7. The Morgan fingerprint density at radius 1 is 1.38 bits per heavy atom. The van der Waals surface area contributed by atoms with Gasteiger partial charge in [0.15, 0.2) is 0 Å². The van der Waals surface area contributed by atoms with E-state index in [-0.39, 0.29) is 12.6 Å². The lowest BCUT2D eigenvalue weighted by Gasteiger charge is -2.21. The van der Waals surface area contributed by atoms with Crippen LogP contribution in [-0.4, -0.2) is 55.2 Å². The minimum absolute atomic E-state index is 0.116. The molecule has 24 heavy (non-hydrogen) atoms. The molecule has 2 N–H and O–H groups in total. The van der Waals surface area contributed by atoms with E-state index >= 15 is 0 Å². The molecule has 0 aromatic carbocycles. The van der Waals surface area contributed by atoms with Gasteiger partial charge in [-0.15, -0.1) is 0 Å². The van der Waals surface area contributed by atoms with E-state index in [1.165, 1.54) is 4.90 Å². The van der Waals surface area contributed by atoms with Crippen LogP contribution in [0.2, 0.25) is 0 Å². The first-order valence-corrected chi connectivity index (χ1v) is 8.08. The summed E-state index contributed by atoms with van der Waals surface area (Å²) in [5, 5.41) is 25.6. The van der Waals surface area contributed by atoms with Crippen molar-refractivity contribution in [2.75, 3.05) is 13.1 Å². The summed E-state index contributed by atoms with van der Waals surface area (Å²) in [6.07, 6.45) is 1.02. The molecule has 2 aromatic rings. The number of nitrogens with zero attached hydrogens (tertiary/aromatic N) is 5. The van der Waals surface area contributed by atoms with Gasteiger partial charge in [-0.3, -0.25) is 9.58 Å². The van der Waals surface area contributed by atoms with Crippen LogP contribution in [0.15, 0.2) is 18.3 Å². The van der Waals surface area contributed by atoms with Gasteiger partial charge in [0.1, 0.15) is 0 Å². The normalized spacial score (nSPS) is 24.7. The highest BCUT2D eigenvalue weighted by molar-refractivity contribution is 5.66. The summed E-state index contributed by atoms with van der Waals surface area (Å²) in [4.78, 5) is 13.1. The van der Waals surface area contributed by atoms with Crippen molar-refractivity contribution >= 4 is 6.09 Å². The maximum Gasteiger partial charge on any atom is 0.407 e. The lowest BCUT2D eigenvalue weighted by Crippen LogP contribution is -2.36. The highest BCUT2D eigenvalue weighted by atomic mass is 16.4. The third kappa shape index (κ3) is 2.52. The summed E-state index contributed by atoms with van der Waals surface area (Å²) in [5.41, 5.74) is 3.25. The molecular formula is C16H20N6O2. The van der Waals surface area contributed by atoms with Crippen molar-refractivity contribution in [1.82, 2.24) is 30.2 Å². The van der Waals surface area contributed by atoms with Crippen molar-refractivity contribution < 1.29 is 9.90 Å². The molecule has 0 spiro atoms. The summed E-state index contributed by atoms with van der Waals surface area (Å²) in [7, 11) is 1.87. The van der Waals surface area contributed by atoms with Gasteiger partial charge in [-0.1, -0.05) is 0 Å². The van der Waals surface area contributed by atoms with E-state index in [2.05, 4.69) is 20.6 Å². The highest BCUT2D eigenvalue weighted by Gasteiger charge is 2.57. The van der Waals surface area contributed by atoms with E-state index in [9.17, 15) is 9.90 Å². The van der Waals surface area contributed by atoms with Crippen LogP contribution in [0.5, 0.6) is 0 Å². The van der Waals surface area contributed by atoms with Crippen LogP contribution >= 0.6 is 0 Å². The average Bonchev–Trinajstić information content (AvgIpc) is 2.88. The fourth-order valence-electron chi connectivity index (χ4n) is 3.76. The Kier molecular flexibility index (Phi) is 3.49. The number of carbonyl (C=O) groups is 1. The zero-order chi connectivity index (χ0) is 16.8. The summed E-state index contributed by atoms with van der Waals surface area (Å²) in [6.45, 7) is 4.03. The summed E-state index contributed by atoms with van der Waals surface area (Å²) < 4.78 is 1.74. The van der Waals surface area contributed by atoms with Gasteiger partial charge < -0.3 is 10.4 Å². The SMILES string of the molecule is Cc1nn(C)cc1-c1ccc(CN(C(=O)O)C2[C@H]3CNC[C@@H]23)nn1. The molecule has 0 bridgehead atoms. The number of aromatic nitrogens is 4. The van der Waals surface area contributed by atoms with Crippen LogP contribution in [0.3, 0.4) is 0 Å². The number of nitrogens with one attached hydrogen (secondary N) is 1. The van der Waals surface area contributed by atoms with Gasteiger partial charge in [0.2, 0.25) is 0 Å². The number of hydrogen-bond donors (Lipinski definition) is 2. The van der Waals surface area contributed by atoms with E-state index < -0.39 is 6.09 Å². The molecule has 1 aliphatic carbocycles. The van der Waals surface area contributed by atoms with Crippen molar-refractivity contribution in [3.8, 4) is 11.3 Å². The summed E-state index contributed by atoms with van der Waals surface area (Å²) in [5.74, 6) is 0.901. The largest absolute Gasteiger partial charge is 0.465 e. The Hall–Kier alpha value is -2.48. The molecule has 4 rings (SSSR count). The third-order valence-electron chi connectivity index (χ3n) is 4.99. The number of rotatable bonds is 4. The van der Waals surface area contributed by atoms with Gasteiger partial charge in [-0.05, 0) is 30.9 Å². The third-order valence-corrected chi connectivity index (χ3v) is 4.99. The Bertz CT molecular complexity index is 761. The fraction of sp³-hybridized carbons (Fsp3) is 0.500. The van der Waals surface area contributed by atoms with Crippen molar-refractivity contribution in [3.05, 3.63) is 29.7 Å². The molecule has 8 nitrogen and oxygen atoms in total. The van der Waals surface area contributed by atoms with Crippen LogP contribution in [0, 0.1) is 18.8 Å². The molecule has 2 fully saturated rings. The van der Waals surface area contributed by atoms with Crippen LogP contribution in [0.25, 0.3) is 11.3 Å². The summed E-state index contributed by atoms with van der Waals surface area (Å²) >= 11 is 0. The number of hydrogen-bond acceptors (Lipinski definition) is 5. The monoisotopic (exact) mass is 328 g/mol. The number of piperidine rings is 1. The minimum atomic E-state index is -0.886. The van der Waals surface area contributed by atoms with E-state index in [1.54, 1.807) is 4.68 Å². The van der Waals surface area contributed by atoms with Crippen molar-refractivity contribution in [1.29, 1.82) is 0 Å². The first kappa shape index (κ1) is 15.1. The van der Waals surface area contributed by atoms with E-state index in [0.29, 0.717) is 17.5 Å². The standard InChI is InChI=1S/C16H20N6O2/c1-9-13(8-21(2)20-9)14-4-3-10(18-19-14)7-22(16(23)24)15-11-5-17-6-12(11)15/h3-4,8,11-12,15,17H,5-7H2,1-2H3,(H,23,24)/t11-,12+,15?. The molecule has 1 unspecified atom stereocenters. The zero-order valence-electron chi connectivity index (χ0n) is 13.7. The van der Waals surface area contributed by atoms with E-state index in [0.717, 1.165) is 30.0 Å². The quantitative estimate of drug-likeness (QED) is 0.865. The van der Waals surface area contributed by atoms with Crippen molar-refractivity contribution in [3.63, 3.8) is 0 Å². The molecular weight excluding hydrogens is 308 g/mol. The average molecular weight is 328 g/mol. The van der Waals surface area contributed by atoms with Gasteiger partial charge in [0.05, 0.1) is 23.6 Å². The molecule has 126 valence electrons. The van der Waals surface area contributed by atoms with E-state index in [4.69, 9.17) is 0 Å². The molecule has 1 saturated heterocycles. The Morgan fingerprint density at radius 3 is 2.67 bits per heavy atom. The second-order valence-corrected chi connectivity index (χ2v) is 6.60. The fourth-order valence-corrected chi connectivity index (χ4v) is 3.76. The van der Waals surface area contributed by atoms with Crippen molar-refractivity contribution in [2.24, 2.45) is 18.9 Å². The van der Waals surface area contributed by atoms with Gasteiger partial charge in [-0.25, -0.2) is 4.79 Å². The lowest BCUT2D eigenvalue weighted by atomic mass is 10.2. The van der Waals surface area contributed by atoms with Crippen LogP contribution < -0.4 is 5.32 Å².